The summed E-state index contributed by atoms with van der Waals surface area (Å²) in [5.74, 6) is 0.664. The van der Waals surface area contributed by atoms with E-state index in [-0.39, 0.29) is 5.88 Å². The molecule has 2 nitrogen and oxygen atoms in total. The summed E-state index contributed by atoms with van der Waals surface area (Å²) < 4.78 is 0. The Labute approximate surface area is 91.5 Å². The minimum absolute atomic E-state index is 0.151. The zero-order valence-corrected chi connectivity index (χ0v) is 8.86. The van der Waals surface area contributed by atoms with Gasteiger partial charge in [0, 0.05) is 22.4 Å². The van der Waals surface area contributed by atoms with Crippen LogP contribution in [0.2, 0.25) is 5.02 Å². The van der Waals surface area contributed by atoms with Crippen LogP contribution in [0.1, 0.15) is 5.56 Å². The van der Waals surface area contributed by atoms with Crippen molar-refractivity contribution >= 4 is 34.1 Å². The number of aromatic amines is 1. The van der Waals surface area contributed by atoms with Crippen LogP contribution in [-0.2, 0) is 6.42 Å². The average Bonchev–Trinajstić information content (AvgIpc) is 2.51. The first kappa shape index (κ1) is 9.69. The highest BCUT2D eigenvalue weighted by molar-refractivity contribution is 6.32. The fraction of sp³-hybridized carbons (Fsp3) is 0.200. The monoisotopic (exact) mass is 229 g/mol. The molecular weight excluding hydrogens is 221 g/mol. The summed E-state index contributed by atoms with van der Waals surface area (Å²) in [4.78, 5) is 2.87. The molecule has 0 amide bonds. The van der Waals surface area contributed by atoms with E-state index in [2.05, 4.69) is 4.98 Å². The molecule has 0 aliphatic rings. The lowest BCUT2D eigenvalue weighted by atomic mass is 10.1. The van der Waals surface area contributed by atoms with Crippen molar-refractivity contribution in [1.29, 1.82) is 0 Å². The zero-order valence-electron chi connectivity index (χ0n) is 7.35. The Morgan fingerprint density at radius 3 is 2.86 bits per heavy atom. The SMILES string of the molecule is Oc1cc2ccc(Cl)c(CCCl)c2[nH]1. The highest BCUT2D eigenvalue weighted by atomic mass is 35.5. The number of aromatic hydroxyl groups is 1. The van der Waals surface area contributed by atoms with Gasteiger partial charge in [-0.2, -0.15) is 0 Å². The maximum Gasteiger partial charge on any atom is 0.189 e. The predicted octanol–water partition coefficient (Wildman–Crippen LogP) is 3.31. The molecule has 1 aromatic heterocycles. The van der Waals surface area contributed by atoms with E-state index in [9.17, 15) is 5.11 Å². The van der Waals surface area contributed by atoms with Gasteiger partial charge in [-0.3, -0.25) is 0 Å². The van der Waals surface area contributed by atoms with Crippen LogP contribution in [0.4, 0.5) is 0 Å². The van der Waals surface area contributed by atoms with E-state index < -0.39 is 0 Å². The first-order chi connectivity index (χ1) is 6.72. The number of nitrogens with one attached hydrogen (secondary N) is 1. The number of rotatable bonds is 2. The molecule has 2 rings (SSSR count). The van der Waals surface area contributed by atoms with Crippen LogP contribution >= 0.6 is 23.2 Å². The van der Waals surface area contributed by atoms with Crippen molar-refractivity contribution in [2.45, 2.75) is 6.42 Å². The topological polar surface area (TPSA) is 36.0 Å². The summed E-state index contributed by atoms with van der Waals surface area (Å²) in [7, 11) is 0. The number of halogens is 2. The molecule has 0 saturated heterocycles. The van der Waals surface area contributed by atoms with Gasteiger partial charge in [0.05, 0.1) is 5.52 Å². The largest absolute Gasteiger partial charge is 0.495 e. The number of alkyl halides is 1. The average molecular weight is 230 g/mol. The molecule has 1 heterocycles. The van der Waals surface area contributed by atoms with E-state index in [1.54, 1.807) is 6.07 Å². The minimum atomic E-state index is 0.151. The van der Waals surface area contributed by atoms with E-state index >= 15 is 0 Å². The van der Waals surface area contributed by atoms with E-state index in [1.165, 1.54) is 0 Å². The second-order valence-electron chi connectivity index (χ2n) is 3.08. The molecule has 0 atom stereocenters. The third-order valence-electron chi connectivity index (χ3n) is 2.18. The van der Waals surface area contributed by atoms with Gasteiger partial charge in [-0.25, -0.2) is 0 Å². The number of benzene rings is 1. The fourth-order valence-corrected chi connectivity index (χ4v) is 2.00. The maximum atomic E-state index is 9.31. The van der Waals surface area contributed by atoms with Crippen molar-refractivity contribution in [3.8, 4) is 5.88 Å². The predicted molar refractivity (Wildman–Crippen MR) is 59.4 cm³/mol. The van der Waals surface area contributed by atoms with Gasteiger partial charge in [-0.05, 0) is 18.1 Å². The summed E-state index contributed by atoms with van der Waals surface area (Å²) in [6.45, 7) is 0. The molecule has 0 unspecified atom stereocenters. The second kappa shape index (κ2) is 3.71. The van der Waals surface area contributed by atoms with Crippen LogP contribution in [-0.4, -0.2) is 16.0 Å². The van der Waals surface area contributed by atoms with Crippen LogP contribution in [0.3, 0.4) is 0 Å². The molecule has 4 heteroatoms. The summed E-state index contributed by atoms with van der Waals surface area (Å²) in [6.07, 6.45) is 0.692. The molecule has 0 radical (unpaired) electrons. The number of fused-ring (bicyclic) bond motifs is 1. The Bertz CT molecular complexity index is 464. The number of hydrogen-bond donors (Lipinski definition) is 2. The Hall–Kier alpha value is -0.860. The quantitative estimate of drug-likeness (QED) is 0.763. The summed E-state index contributed by atoms with van der Waals surface area (Å²) in [6, 6.07) is 5.36. The van der Waals surface area contributed by atoms with Crippen molar-refractivity contribution in [3.63, 3.8) is 0 Å². The van der Waals surface area contributed by atoms with Gasteiger partial charge in [-0.15, -0.1) is 11.6 Å². The molecule has 1 aromatic carbocycles. The van der Waals surface area contributed by atoms with Crippen LogP contribution < -0.4 is 0 Å². The van der Waals surface area contributed by atoms with Gasteiger partial charge >= 0.3 is 0 Å². The van der Waals surface area contributed by atoms with Crippen molar-refractivity contribution in [3.05, 3.63) is 28.8 Å². The summed E-state index contributed by atoms with van der Waals surface area (Å²) in [5.41, 5.74) is 1.83. The highest BCUT2D eigenvalue weighted by Gasteiger charge is 2.08. The number of aryl methyl sites for hydroxylation is 1. The fourth-order valence-electron chi connectivity index (χ4n) is 1.56. The smallest absolute Gasteiger partial charge is 0.189 e. The summed E-state index contributed by atoms with van der Waals surface area (Å²) >= 11 is 11.7. The van der Waals surface area contributed by atoms with E-state index in [4.69, 9.17) is 23.2 Å². The van der Waals surface area contributed by atoms with Crippen LogP contribution in [0.5, 0.6) is 5.88 Å². The first-order valence-electron chi connectivity index (χ1n) is 4.27. The third kappa shape index (κ3) is 1.56. The summed E-state index contributed by atoms with van der Waals surface area (Å²) in [5, 5.41) is 10.9. The highest BCUT2D eigenvalue weighted by Crippen LogP contribution is 2.28. The standard InChI is InChI=1S/C10H9Cl2NO/c11-4-3-7-8(12)2-1-6-5-9(14)13-10(6)7/h1-2,5,13-14H,3-4H2. The Morgan fingerprint density at radius 2 is 2.14 bits per heavy atom. The molecule has 2 aromatic rings. The Kier molecular flexibility index (Phi) is 2.57. The van der Waals surface area contributed by atoms with Crippen molar-refractivity contribution in [2.24, 2.45) is 0 Å². The molecular formula is C10H9Cl2NO. The lowest BCUT2D eigenvalue weighted by molar-refractivity contribution is 0.458. The van der Waals surface area contributed by atoms with Crippen molar-refractivity contribution in [2.75, 3.05) is 5.88 Å². The van der Waals surface area contributed by atoms with E-state index in [0.29, 0.717) is 17.3 Å². The molecule has 0 bridgehead atoms. The Balaban J connectivity index is 2.68. The lowest BCUT2D eigenvalue weighted by Crippen LogP contribution is -1.89. The number of H-pyrrole nitrogens is 1. The normalized spacial score (nSPS) is 11.0. The Morgan fingerprint density at radius 1 is 1.36 bits per heavy atom. The number of aromatic nitrogens is 1. The van der Waals surface area contributed by atoms with Crippen LogP contribution in [0.25, 0.3) is 10.9 Å². The van der Waals surface area contributed by atoms with Crippen molar-refractivity contribution < 1.29 is 5.11 Å². The molecule has 0 spiro atoms. The van der Waals surface area contributed by atoms with Gasteiger partial charge in [0.1, 0.15) is 0 Å². The molecule has 74 valence electrons. The van der Waals surface area contributed by atoms with Gasteiger partial charge in [0.2, 0.25) is 0 Å². The maximum absolute atomic E-state index is 9.31. The molecule has 0 saturated carbocycles. The molecule has 14 heavy (non-hydrogen) atoms. The molecule has 0 fully saturated rings. The third-order valence-corrected chi connectivity index (χ3v) is 2.72. The molecule has 0 aliphatic heterocycles. The molecule has 0 aliphatic carbocycles. The van der Waals surface area contributed by atoms with Crippen LogP contribution in [0, 0.1) is 0 Å². The second-order valence-corrected chi connectivity index (χ2v) is 3.87. The lowest BCUT2D eigenvalue weighted by Gasteiger charge is -2.03. The van der Waals surface area contributed by atoms with Gasteiger partial charge < -0.3 is 10.1 Å². The molecule has 2 N–H and O–H groups in total. The van der Waals surface area contributed by atoms with Crippen molar-refractivity contribution in [1.82, 2.24) is 4.98 Å². The minimum Gasteiger partial charge on any atom is -0.495 e. The van der Waals surface area contributed by atoms with E-state index in [0.717, 1.165) is 16.5 Å². The van der Waals surface area contributed by atoms with Gasteiger partial charge in [0.25, 0.3) is 0 Å². The van der Waals surface area contributed by atoms with Gasteiger partial charge in [0.15, 0.2) is 5.88 Å². The number of hydrogen-bond acceptors (Lipinski definition) is 1. The first-order valence-corrected chi connectivity index (χ1v) is 5.18. The van der Waals surface area contributed by atoms with Crippen LogP contribution in [0.15, 0.2) is 18.2 Å². The van der Waals surface area contributed by atoms with Gasteiger partial charge in [-0.1, -0.05) is 17.7 Å². The van der Waals surface area contributed by atoms with E-state index in [1.807, 2.05) is 12.1 Å². The zero-order chi connectivity index (χ0) is 10.1.